The maximum Gasteiger partial charge on any atom is 0.416 e. The fourth-order valence-electron chi connectivity index (χ4n) is 5.55. The van der Waals surface area contributed by atoms with Gasteiger partial charge in [-0.1, -0.05) is 91.9 Å². The Hall–Kier alpha value is -4.29. The maximum atomic E-state index is 13.8. The van der Waals surface area contributed by atoms with Crippen molar-refractivity contribution in [1.82, 2.24) is 10.6 Å². The van der Waals surface area contributed by atoms with Crippen LogP contribution in [0, 0.1) is 11.8 Å². The molecule has 5 atom stereocenters. The average molecular weight is 727 g/mol. The smallest absolute Gasteiger partial charge is 0.382 e. The van der Waals surface area contributed by atoms with Gasteiger partial charge >= 0.3 is 6.18 Å². The number of ketones is 3. The van der Waals surface area contributed by atoms with Crippen molar-refractivity contribution >= 4 is 40.9 Å². The molecule has 0 aromatic heterocycles. The number of thioether (sulfide) groups is 1. The van der Waals surface area contributed by atoms with Gasteiger partial charge in [0, 0.05) is 36.7 Å². The van der Waals surface area contributed by atoms with Gasteiger partial charge in [-0.05, 0) is 54.9 Å². The number of amides is 2. The van der Waals surface area contributed by atoms with Gasteiger partial charge in [-0.2, -0.15) is 24.9 Å². The molecule has 0 radical (unpaired) electrons. The minimum Gasteiger partial charge on any atom is -0.382 e. The van der Waals surface area contributed by atoms with E-state index in [-0.39, 0.29) is 25.0 Å². The Labute approximate surface area is 301 Å². The van der Waals surface area contributed by atoms with Crippen molar-refractivity contribution in [3.8, 4) is 11.1 Å². The number of carbonyl (C=O) groups excluding carboxylic acids is 5. The summed E-state index contributed by atoms with van der Waals surface area (Å²) in [4.78, 5) is 65.2. The molecule has 0 fully saturated rings. The topological polar surface area (TPSA) is 130 Å². The van der Waals surface area contributed by atoms with Gasteiger partial charge in [-0.3, -0.25) is 19.2 Å². The van der Waals surface area contributed by atoms with E-state index >= 15 is 0 Å². The number of benzene rings is 3. The number of aliphatic hydroxyl groups excluding tert-OH is 1. The largest absolute Gasteiger partial charge is 0.416 e. The predicted molar refractivity (Wildman–Crippen MR) is 192 cm³/mol. The number of hydrogen-bond donors (Lipinski definition) is 3. The molecule has 3 N–H and O–H groups in total. The van der Waals surface area contributed by atoms with E-state index in [1.54, 1.807) is 42.5 Å². The Kier molecular flexibility index (Phi) is 16.1. The SMILES string of the molecule is CSCC[C@H](CC(=O)c1ccc(-c2ccccc2)cc1)C(=O)N[C@@H](Cc1ccccc1)C(=O)C[C@@H](C)C(=O)NC(CCC(C)=O)C(O)C(F)(F)F. The van der Waals surface area contributed by atoms with Crippen LogP contribution in [0.5, 0.6) is 0 Å². The zero-order chi connectivity index (χ0) is 37.6. The molecule has 3 aromatic carbocycles. The van der Waals surface area contributed by atoms with Crippen molar-refractivity contribution in [2.75, 3.05) is 12.0 Å². The van der Waals surface area contributed by atoms with E-state index in [0.29, 0.717) is 17.7 Å². The standard InChI is InChI=1S/C39H45F3N2O6S/c1-25(37(49)43-32(19-14-26(2)45)36(48)39(40,41)42)22-35(47)33(23-27-10-6-4-7-11-27)44-38(50)31(20-21-51-3)24-34(46)30-17-15-29(16-18-30)28-12-8-5-9-13-28/h4-13,15-18,25,31-33,36,48H,14,19-24H2,1-3H3,(H,43,49)(H,44,50)/t25-,31-,32?,33+,36?/m1/s1. The second-order valence-electron chi connectivity index (χ2n) is 12.7. The molecule has 3 rings (SSSR count). The Morgan fingerprint density at radius 1 is 0.784 bits per heavy atom. The van der Waals surface area contributed by atoms with E-state index in [9.17, 15) is 42.3 Å². The molecule has 2 unspecified atom stereocenters. The zero-order valence-corrected chi connectivity index (χ0v) is 29.8. The van der Waals surface area contributed by atoms with Crippen LogP contribution in [0.4, 0.5) is 13.2 Å². The first-order valence-electron chi connectivity index (χ1n) is 16.8. The summed E-state index contributed by atoms with van der Waals surface area (Å²) in [5.74, 6) is -3.87. The van der Waals surface area contributed by atoms with E-state index in [4.69, 9.17) is 0 Å². The third-order valence-electron chi connectivity index (χ3n) is 8.58. The molecule has 0 heterocycles. The monoisotopic (exact) mass is 726 g/mol. The van der Waals surface area contributed by atoms with Gasteiger partial charge in [0.15, 0.2) is 17.7 Å². The number of hydrogen-bond acceptors (Lipinski definition) is 7. The Morgan fingerprint density at radius 2 is 1.37 bits per heavy atom. The minimum atomic E-state index is -5.04. The van der Waals surface area contributed by atoms with Crippen LogP contribution in [-0.4, -0.2) is 70.6 Å². The molecule has 0 saturated heterocycles. The summed E-state index contributed by atoms with van der Waals surface area (Å²) in [5, 5.41) is 14.8. The number of halogens is 3. The molecule has 0 spiro atoms. The lowest BCUT2D eigenvalue weighted by atomic mass is 9.91. The lowest BCUT2D eigenvalue weighted by Crippen LogP contribution is -2.52. The van der Waals surface area contributed by atoms with Gasteiger partial charge < -0.3 is 20.5 Å². The first kappa shape index (κ1) is 41.1. The fourth-order valence-corrected chi connectivity index (χ4v) is 6.07. The summed E-state index contributed by atoms with van der Waals surface area (Å²) in [6, 6.07) is 22.8. The molecule has 0 aliphatic rings. The van der Waals surface area contributed by atoms with Crippen LogP contribution in [0.3, 0.4) is 0 Å². The van der Waals surface area contributed by atoms with Crippen LogP contribution in [0.2, 0.25) is 0 Å². The highest BCUT2D eigenvalue weighted by Crippen LogP contribution is 2.25. The summed E-state index contributed by atoms with van der Waals surface area (Å²) in [6.45, 7) is 2.55. The third-order valence-corrected chi connectivity index (χ3v) is 9.23. The molecule has 0 saturated carbocycles. The average Bonchev–Trinajstić information content (AvgIpc) is 3.11. The Bertz CT molecular complexity index is 1600. The van der Waals surface area contributed by atoms with Crippen LogP contribution < -0.4 is 10.6 Å². The van der Waals surface area contributed by atoms with Crippen molar-refractivity contribution in [3.05, 3.63) is 96.1 Å². The van der Waals surface area contributed by atoms with E-state index in [0.717, 1.165) is 16.7 Å². The number of aliphatic hydroxyl groups is 1. The molecule has 51 heavy (non-hydrogen) atoms. The van der Waals surface area contributed by atoms with Gasteiger partial charge in [0.25, 0.3) is 0 Å². The molecule has 2 amide bonds. The lowest BCUT2D eigenvalue weighted by Gasteiger charge is -2.27. The highest BCUT2D eigenvalue weighted by atomic mass is 32.2. The van der Waals surface area contributed by atoms with Crippen molar-refractivity contribution in [1.29, 1.82) is 0 Å². The van der Waals surface area contributed by atoms with E-state index in [2.05, 4.69) is 10.6 Å². The number of rotatable bonds is 20. The molecular weight excluding hydrogens is 681 g/mol. The van der Waals surface area contributed by atoms with Crippen LogP contribution in [0.1, 0.15) is 61.9 Å². The Morgan fingerprint density at radius 3 is 1.94 bits per heavy atom. The molecule has 274 valence electrons. The normalized spacial score (nSPS) is 14.4. The van der Waals surface area contributed by atoms with Crippen LogP contribution in [-0.2, 0) is 25.6 Å². The summed E-state index contributed by atoms with van der Waals surface area (Å²) < 4.78 is 39.9. The quantitative estimate of drug-likeness (QED) is 0.115. The van der Waals surface area contributed by atoms with Crippen molar-refractivity contribution in [2.45, 2.75) is 76.7 Å². The second kappa shape index (κ2) is 19.9. The molecule has 12 heteroatoms. The number of Topliss-reactive ketones (excluding diaryl/α,β-unsaturated/α-hetero) is 3. The predicted octanol–water partition coefficient (Wildman–Crippen LogP) is 6.40. The first-order chi connectivity index (χ1) is 24.2. The number of carbonyl (C=O) groups is 5. The summed E-state index contributed by atoms with van der Waals surface area (Å²) in [5.41, 5.74) is 3.12. The zero-order valence-electron chi connectivity index (χ0n) is 28.9. The van der Waals surface area contributed by atoms with Gasteiger partial charge in [-0.15, -0.1) is 0 Å². The van der Waals surface area contributed by atoms with E-state index in [1.165, 1.54) is 25.6 Å². The molecule has 0 bridgehead atoms. The van der Waals surface area contributed by atoms with Gasteiger partial charge in [-0.25, -0.2) is 0 Å². The molecule has 3 aromatic rings. The Balaban J connectivity index is 1.75. The molecule has 0 aliphatic carbocycles. The lowest BCUT2D eigenvalue weighted by molar-refractivity contribution is -0.213. The minimum absolute atomic E-state index is 0.0813. The van der Waals surface area contributed by atoms with Gasteiger partial charge in [0.05, 0.1) is 12.1 Å². The molecule has 0 aliphatic heterocycles. The van der Waals surface area contributed by atoms with E-state index < -0.39 is 72.4 Å². The van der Waals surface area contributed by atoms with Gasteiger partial charge in [0.1, 0.15) is 5.78 Å². The van der Waals surface area contributed by atoms with Crippen LogP contribution >= 0.6 is 11.8 Å². The number of nitrogens with one attached hydrogen (secondary N) is 2. The fraction of sp³-hybridized carbons (Fsp3) is 0.410. The molecule has 8 nitrogen and oxygen atoms in total. The van der Waals surface area contributed by atoms with Crippen LogP contribution in [0.15, 0.2) is 84.9 Å². The number of alkyl halides is 3. The second-order valence-corrected chi connectivity index (χ2v) is 13.7. The van der Waals surface area contributed by atoms with Crippen LogP contribution in [0.25, 0.3) is 11.1 Å². The van der Waals surface area contributed by atoms with Crippen molar-refractivity contribution < 1.29 is 42.3 Å². The van der Waals surface area contributed by atoms with E-state index in [1.807, 2.05) is 48.7 Å². The first-order valence-corrected chi connectivity index (χ1v) is 18.2. The summed E-state index contributed by atoms with van der Waals surface area (Å²) in [6.07, 6.45) is -6.87. The van der Waals surface area contributed by atoms with Gasteiger partial charge in [0.2, 0.25) is 11.8 Å². The summed E-state index contributed by atoms with van der Waals surface area (Å²) in [7, 11) is 0. The molecular formula is C39H45F3N2O6S. The highest BCUT2D eigenvalue weighted by Gasteiger charge is 2.44. The van der Waals surface area contributed by atoms with Crippen molar-refractivity contribution in [2.24, 2.45) is 11.8 Å². The summed E-state index contributed by atoms with van der Waals surface area (Å²) >= 11 is 1.51. The highest BCUT2D eigenvalue weighted by molar-refractivity contribution is 7.98. The van der Waals surface area contributed by atoms with Crippen molar-refractivity contribution in [3.63, 3.8) is 0 Å². The maximum absolute atomic E-state index is 13.8. The third kappa shape index (κ3) is 13.4.